The molecule has 7 nitrogen and oxygen atoms in total. The molecule has 1 aromatic heterocycles. The first-order valence-corrected chi connectivity index (χ1v) is 6.34. The number of carboxylic acid groups (broad SMARTS) is 1. The molecule has 1 rings (SSSR count). The summed E-state index contributed by atoms with van der Waals surface area (Å²) in [5, 5.41) is 11.8. The zero-order valence-electron chi connectivity index (χ0n) is 9.55. The number of aromatic nitrogens is 2. The summed E-state index contributed by atoms with van der Waals surface area (Å²) in [6.45, 7) is -0.350. The highest BCUT2D eigenvalue weighted by Crippen LogP contribution is 2.18. The van der Waals surface area contributed by atoms with E-state index in [0.717, 1.165) is 6.92 Å². The van der Waals surface area contributed by atoms with Gasteiger partial charge in [-0.3, -0.25) is 9.48 Å². The van der Waals surface area contributed by atoms with Crippen molar-refractivity contribution in [2.24, 2.45) is 0 Å². The van der Waals surface area contributed by atoms with Crippen LogP contribution in [0.2, 0.25) is 0 Å². The van der Waals surface area contributed by atoms with Gasteiger partial charge in [-0.05, 0) is 6.92 Å². The summed E-state index contributed by atoms with van der Waals surface area (Å²) < 4.78 is 61.6. The Morgan fingerprint density at radius 3 is 2.63 bits per heavy atom. The second-order valence-corrected chi connectivity index (χ2v) is 5.38. The van der Waals surface area contributed by atoms with Gasteiger partial charge in [0.2, 0.25) is 10.0 Å². The third-order valence-corrected chi connectivity index (χ3v) is 3.46. The van der Waals surface area contributed by atoms with Crippen LogP contribution in [0.4, 0.5) is 13.2 Å². The lowest BCUT2D eigenvalue weighted by Crippen LogP contribution is -2.38. The van der Waals surface area contributed by atoms with Gasteiger partial charge in [-0.2, -0.15) is 23.0 Å². The van der Waals surface area contributed by atoms with Crippen LogP contribution < -0.4 is 4.72 Å². The smallest absolute Gasteiger partial charge is 0.408 e. The fraction of sp³-hybridized carbons (Fsp3) is 0.500. The number of rotatable bonds is 5. The SMILES string of the molecule is C[C@@H](NS(=O)(=O)c1cnn(CC(F)(F)F)c1)C(=O)O. The Morgan fingerprint density at radius 1 is 1.58 bits per heavy atom. The molecule has 11 heteroatoms. The number of carboxylic acids is 1. The van der Waals surface area contributed by atoms with E-state index in [0.29, 0.717) is 17.1 Å². The third kappa shape index (κ3) is 4.52. The number of nitrogens with one attached hydrogen (secondary N) is 1. The zero-order chi connectivity index (χ0) is 14.8. The molecular formula is C8H10F3N3O4S. The van der Waals surface area contributed by atoms with Crippen molar-refractivity contribution in [2.75, 3.05) is 0 Å². The van der Waals surface area contributed by atoms with Crippen LogP contribution >= 0.6 is 0 Å². The van der Waals surface area contributed by atoms with Crippen molar-refractivity contribution in [1.82, 2.24) is 14.5 Å². The van der Waals surface area contributed by atoms with Gasteiger partial charge in [-0.25, -0.2) is 8.42 Å². The number of carbonyl (C=O) groups is 1. The third-order valence-electron chi connectivity index (χ3n) is 1.96. The van der Waals surface area contributed by atoms with Crippen molar-refractivity contribution in [1.29, 1.82) is 0 Å². The number of alkyl halides is 3. The first kappa shape index (κ1) is 15.4. The summed E-state index contributed by atoms with van der Waals surface area (Å²) in [5.74, 6) is -1.41. The largest absolute Gasteiger partial charge is 0.480 e. The predicted octanol–water partition coefficient (Wildman–Crippen LogP) is 0.197. The Morgan fingerprint density at radius 2 is 2.16 bits per heavy atom. The van der Waals surface area contributed by atoms with E-state index in [1.165, 1.54) is 0 Å². The molecule has 1 atom stereocenters. The van der Waals surface area contributed by atoms with Gasteiger partial charge in [-0.15, -0.1) is 0 Å². The highest BCUT2D eigenvalue weighted by atomic mass is 32.2. The minimum atomic E-state index is -4.53. The maximum Gasteiger partial charge on any atom is 0.408 e. The summed E-state index contributed by atoms with van der Waals surface area (Å²) in [6, 6.07) is -1.41. The Bertz CT molecular complexity index is 566. The van der Waals surface area contributed by atoms with Crippen LogP contribution in [-0.2, 0) is 21.4 Å². The highest BCUT2D eigenvalue weighted by Gasteiger charge is 2.29. The number of aliphatic carboxylic acids is 1. The van der Waals surface area contributed by atoms with Crippen LogP contribution in [-0.4, -0.2) is 41.5 Å². The van der Waals surface area contributed by atoms with Crippen LogP contribution in [0.25, 0.3) is 0 Å². The lowest BCUT2D eigenvalue weighted by molar-refractivity contribution is -0.142. The molecule has 0 aliphatic rings. The van der Waals surface area contributed by atoms with Crippen LogP contribution in [0, 0.1) is 0 Å². The topological polar surface area (TPSA) is 101 Å². The number of hydrogen-bond acceptors (Lipinski definition) is 4. The van der Waals surface area contributed by atoms with E-state index in [9.17, 15) is 26.4 Å². The molecule has 2 N–H and O–H groups in total. The van der Waals surface area contributed by atoms with Crippen LogP contribution in [0.1, 0.15) is 6.92 Å². The molecule has 108 valence electrons. The van der Waals surface area contributed by atoms with Crippen molar-refractivity contribution in [3.63, 3.8) is 0 Å². The summed E-state index contributed by atoms with van der Waals surface area (Å²) in [6.07, 6.45) is -3.15. The minimum Gasteiger partial charge on any atom is -0.480 e. The molecular weight excluding hydrogens is 291 g/mol. The average molecular weight is 301 g/mol. The fourth-order valence-electron chi connectivity index (χ4n) is 1.10. The van der Waals surface area contributed by atoms with Gasteiger partial charge in [0, 0.05) is 6.20 Å². The summed E-state index contributed by atoms with van der Waals surface area (Å²) in [5.41, 5.74) is 0. The molecule has 1 heterocycles. The molecule has 0 saturated carbocycles. The molecule has 0 unspecified atom stereocenters. The molecule has 0 fully saturated rings. The summed E-state index contributed by atoms with van der Waals surface area (Å²) >= 11 is 0. The van der Waals surface area contributed by atoms with Crippen LogP contribution in [0.3, 0.4) is 0 Å². The van der Waals surface area contributed by atoms with Gasteiger partial charge in [0.05, 0.1) is 6.20 Å². The predicted molar refractivity (Wildman–Crippen MR) is 55.7 cm³/mol. The van der Waals surface area contributed by atoms with Gasteiger partial charge < -0.3 is 5.11 Å². The Labute approximate surface area is 106 Å². The number of nitrogens with zero attached hydrogens (tertiary/aromatic N) is 2. The van der Waals surface area contributed by atoms with E-state index in [2.05, 4.69) is 5.10 Å². The molecule has 0 aromatic carbocycles. The molecule has 0 saturated heterocycles. The molecule has 1 aromatic rings. The first-order valence-electron chi connectivity index (χ1n) is 4.85. The molecule has 0 bridgehead atoms. The van der Waals surface area contributed by atoms with E-state index >= 15 is 0 Å². The van der Waals surface area contributed by atoms with Crippen molar-refractivity contribution >= 4 is 16.0 Å². The van der Waals surface area contributed by atoms with E-state index in [1.807, 2.05) is 0 Å². The molecule has 19 heavy (non-hydrogen) atoms. The first-order chi connectivity index (χ1) is 8.51. The molecule has 0 amide bonds. The van der Waals surface area contributed by atoms with Gasteiger partial charge >= 0.3 is 12.1 Å². The van der Waals surface area contributed by atoms with Gasteiger partial charge in [0.15, 0.2) is 0 Å². The Kier molecular flexibility index (Phi) is 4.20. The molecule has 0 aliphatic heterocycles. The van der Waals surface area contributed by atoms with Gasteiger partial charge in [0.1, 0.15) is 17.5 Å². The summed E-state index contributed by atoms with van der Waals surface area (Å²) in [7, 11) is -4.22. The molecule has 0 aliphatic carbocycles. The van der Waals surface area contributed by atoms with E-state index in [1.54, 1.807) is 4.72 Å². The molecule has 0 radical (unpaired) electrons. The lowest BCUT2D eigenvalue weighted by Gasteiger charge is -2.08. The second-order valence-electron chi connectivity index (χ2n) is 3.67. The minimum absolute atomic E-state index is 0.403. The number of hydrogen-bond donors (Lipinski definition) is 2. The summed E-state index contributed by atoms with van der Waals surface area (Å²) in [4.78, 5) is 9.97. The highest BCUT2D eigenvalue weighted by molar-refractivity contribution is 7.89. The van der Waals surface area contributed by atoms with Gasteiger partial charge in [-0.1, -0.05) is 0 Å². The lowest BCUT2D eigenvalue weighted by atomic mass is 10.4. The Balaban J connectivity index is 2.89. The standard InChI is InChI=1S/C8H10F3N3O4S/c1-5(7(15)16)13-19(17,18)6-2-12-14(3-6)4-8(9,10)11/h2-3,5,13H,4H2,1H3,(H,15,16)/t5-/m1/s1. The quantitative estimate of drug-likeness (QED) is 0.809. The average Bonchev–Trinajstić information content (AvgIpc) is 2.63. The van der Waals surface area contributed by atoms with Crippen molar-refractivity contribution < 1.29 is 31.5 Å². The fourth-order valence-corrected chi connectivity index (χ4v) is 2.25. The zero-order valence-corrected chi connectivity index (χ0v) is 10.4. The van der Waals surface area contributed by atoms with Crippen molar-refractivity contribution in [2.45, 2.75) is 30.6 Å². The van der Waals surface area contributed by atoms with Crippen molar-refractivity contribution in [3.05, 3.63) is 12.4 Å². The second kappa shape index (κ2) is 5.17. The number of sulfonamides is 1. The normalized spacial score (nSPS) is 14.3. The van der Waals surface area contributed by atoms with Crippen LogP contribution in [0.15, 0.2) is 17.3 Å². The monoisotopic (exact) mass is 301 g/mol. The van der Waals surface area contributed by atoms with Crippen molar-refractivity contribution in [3.8, 4) is 0 Å². The van der Waals surface area contributed by atoms with E-state index in [-0.39, 0.29) is 0 Å². The molecule has 0 spiro atoms. The van der Waals surface area contributed by atoms with Gasteiger partial charge in [0.25, 0.3) is 0 Å². The maximum atomic E-state index is 12.1. The Hall–Kier alpha value is -1.62. The van der Waals surface area contributed by atoms with E-state index in [4.69, 9.17) is 5.11 Å². The number of halogens is 3. The van der Waals surface area contributed by atoms with E-state index < -0.39 is 39.7 Å². The maximum absolute atomic E-state index is 12.1. The van der Waals surface area contributed by atoms with Crippen LogP contribution in [0.5, 0.6) is 0 Å².